The summed E-state index contributed by atoms with van der Waals surface area (Å²) < 4.78 is 1.84. The van der Waals surface area contributed by atoms with Crippen LogP contribution in [0.25, 0.3) is 5.82 Å². The maximum absolute atomic E-state index is 4.64. The molecule has 0 amide bonds. The third-order valence-corrected chi connectivity index (χ3v) is 2.95. The number of hydrogen-bond donors (Lipinski definition) is 1. The van der Waals surface area contributed by atoms with E-state index in [-0.39, 0.29) is 0 Å². The first-order valence-corrected chi connectivity index (χ1v) is 6.83. The van der Waals surface area contributed by atoms with Crippen molar-refractivity contribution in [2.24, 2.45) is 0 Å². The standard InChI is InChI=1S/C15H22N4/c1-5-14-6-13(9-16-11(2)3)7-15(18-14)19-10-12(4)8-17-19/h6-8,10-11,16H,5,9H2,1-4H3. The van der Waals surface area contributed by atoms with Crippen LogP contribution in [0.3, 0.4) is 0 Å². The van der Waals surface area contributed by atoms with E-state index in [1.165, 1.54) is 5.56 Å². The molecule has 19 heavy (non-hydrogen) atoms. The van der Waals surface area contributed by atoms with E-state index in [2.05, 4.69) is 48.3 Å². The van der Waals surface area contributed by atoms with Crippen molar-refractivity contribution in [2.45, 2.75) is 46.7 Å². The van der Waals surface area contributed by atoms with Crippen molar-refractivity contribution in [3.63, 3.8) is 0 Å². The number of aromatic nitrogens is 3. The highest BCUT2D eigenvalue weighted by Gasteiger charge is 2.05. The van der Waals surface area contributed by atoms with Gasteiger partial charge < -0.3 is 5.32 Å². The molecule has 1 N–H and O–H groups in total. The number of rotatable bonds is 5. The van der Waals surface area contributed by atoms with Crippen LogP contribution in [-0.2, 0) is 13.0 Å². The maximum atomic E-state index is 4.64. The second-order valence-corrected chi connectivity index (χ2v) is 5.18. The number of nitrogens with zero attached hydrogens (tertiary/aromatic N) is 3. The van der Waals surface area contributed by atoms with Crippen LogP contribution in [0.5, 0.6) is 0 Å². The summed E-state index contributed by atoms with van der Waals surface area (Å²) in [7, 11) is 0. The fourth-order valence-corrected chi connectivity index (χ4v) is 1.89. The fraction of sp³-hybridized carbons (Fsp3) is 0.467. The predicted molar refractivity (Wildman–Crippen MR) is 77.4 cm³/mol. The Morgan fingerprint density at radius 3 is 2.68 bits per heavy atom. The minimum atomic E-state index is 0.480. The van der Waals surface area contributed by atoms with Gasteiger partial charge in [-0.25, -0.2) is 9.67 Å². The van der Waals surface area contributed by atoms with E-state index in [0.717, 1.165) is 30.0 Å². The quantitative estimate of drug-likeness (QED) is 0.896. The third-order valence-electron chi connectivity index (χ3n) is 2.95. The molecule has 0 bridgehead atoms. The van der Waals surface area contributed by atoms with Gasteiger partial charge in [0.25, 0.3) is 0 Å². The van der Waals surface area contributed by atoms with E-state index in [0.29, 0.717) is 6.04 Å². The summed E-state index contributed by atoms with van der Waals surface area (Å²) in [5.41, 5.74) is 3.50. The maximum Gasteiger partial charge on any atom is 0.153 e. The predicted octanol–water partition coefficient (Wildman–Crippen LogP) is 2.64. The largest absolute Gasteiger partial charge is 0.310 e. The van der Waals surface area contributed by atoms with E-state index in [1.807, 2.05) is 24.0 Å². The van der Waals surface area contributed by atoms with E-state index in [4.69, 9.17) is 0 Å². The van der Waals surface area contributed by atoms with Crippen molar-refractivity contribution in [2.75, 3.05) is 0 Å². The Kier molecular flexibility index (Phi) is 4.32. The smallest absolute Gasteiger partial charge is 0.153 e. The lowest BCUT2D eigenvalue weighted by molar-refractivity contribution is 0.587. The van der Waals surface area contributed by atoms with Gasteiger partial charge in [0.1, 0.15) is 0 Å². The van der Waals surface area contributed by atoms with Crippen molar-refractivity contribution in [3.05, 3.63) is 41.3 Å². The lowest BCUT2D eigenvalue weighted by Gasteiger charge is -2.11. The highest BCUT2D eigenvalue weighted by molar-refractivity contribution is 5.31. The van der Waals surface area contributed by atoms with E-state index >= 15 is 0 Å². The average molecular weight is 258 g/mol. The van der Waals surface area contributed by atoms with E-state index in [1.54, 1.807) is 0 Å². The van der Waals surface area contributed by atoms with Crippen molar-refractivity contribution in [3.8, 4) is 5.82 Å². The van der Waals surface area contributed by atoms with Crippen LogP contribution in [0.1, 0.15) is 37.6 Å². The van der Waals surface area contributed by atoms with Crippen LogP contribution >= 0.6 is 0 Å². The van der Waals surface area contributed by atoms with Gasteiger partial charge in [0.15, 0.2) is 5.82 Å². The molecular weight excluding hydrogens is 236 g/mol. The summed E-state index contributed by atoms with van der Waals surface area (Å²) >= 11 is 0. The van der Waals surface area contributed by atoms with Crippen LogP contribution < -0.4 is 5.32 Å². The van der Waals surface area contributed by atoms with Crippen LogP contribution in [-0.4, -0.2) is 20.8 Å². The summed E-state index contributed by atoms with van der Waals surface area (Å²) in [6, 6.07) is 4.74. The molecule has 0 aromatic carbocycles. The number of aryl methyl sites for hydroxylation is 2. The molecule has 0 atom stereocenters. The van der Waals surface area contributed by atoms with Gasteiger partial charge in [-0.3, -0.25) is 0 Å². The Bertz CT molecular complexity index is 543. The number of pyridine rings is 1. The van der Waals surface area contributed by atoms with Gasteiger partial charge in [-0.1, -0.05) is 20.8 Å². The highest BCUT2D eigenvalue weighted by atomic mass is 15.3. The zero-order valence-electron chi connectivity index (χ0n) is 12.1. The molecule has 0 aliphatic heterocycles. The number of nitrogens with one attached hydrogen (secondary N) is 1. The molecule has 102 valence electrons. The van der Waals surface area contributed by atoms with Gasteiger partial charge in [0.2, 0.25) is 0 Å². The van der Waals surface area contributed by atoms with Crippen LogP contribution in [0.4, 0.5) is 0 Å². The summed E-state index contributed by atoms with van der Waals surface area (Å²) in [6.07, 6.45) is 4.79. The Hall–Kier alpha value is -1.68. The Morgan fingerprint density at radius 2 is 2.11 bits per heavy atom. The molecule has 0 aliphatic carbocycles. The average Bonchev–Trinajstić information content (AvgIpc) is 2.82. The second kappa shape index (κ2) is 5.97. The molecule has 0 radical (unpaired) electrons. The SMILES string of the molecule is CCc1cc(CNC(C)C)cc(-n2cc(C)cn2)n1. The monoisotopic (exact) mass is 258 g/mol. The second-order valence-electron chi connectivity index (χ2n) is 5.18. The lowest BCUT2D eigenvalue weighted by Crippen LogP contribution is -2.22. The molecule has 0 aliphatic rings. The summed E-state index contributed by atoms with van der Waals surface area (Å²) in [4.78, 5) is 4.64. The van der Waals surface area contributed by atoms with Gasteiger partial charge >= 0.3 is 0 Å². The van der Waals surface area contributed by atoms with Crippen molar-refractivity contribution >= 4 is 0 Å². The zero-order chi connectivity index (χ0) is 13.8. The Labute approximate surface area is 114 Å². The van der Waals surface area contributed by atoms with Crippen LogP contribution in [0.2, 0.25) is 0 Å². The van der Waals surface area contributed by atoms with E-state index < -0.39 is 0 Å². The molecule has 0 unspecified atom stereocenters. The zero-order valence-corrected chi connectivity index (χ0v) is 12.1. The van der Waals surface area contributed by atoms with Crippen LogP contribution in [0, 0.1) is 6.92 Å². The molecule has 0 saturated carbocycles. The van der Waals surface area contributed by atoms with Gasteiger partial charge in [-0.05, 0) is 36.6 Å². The molecule has 2 rings (SSSR count). The molecule has 0 spiro atoms. The topological polar surface area (TPSA) is 42.7 Å². The van der Waals surface area contributed by atoms with Crippen molar-refractivity contribution < 1.29 is 0 Å². The first kappa shape index (κ1) is 13.7. The molecule has 4 heteroatoms. The van der Waals surface area contributed by atoms with Gasteiger partial charge in [0, 0.05) is 24.5 Å². The minimum absolute atomic E-state index is 0.480. The molecule has 0 saturated heterocycles. The molecule has 2 aromatic rings. The summed E-state index contributed by atoms with van der Waals surface area (Å²) in [6.45, 7) is 9.33. The van der Waals surface area contributed by atoms with Crippen LogP contribution in [0.15, 0.2) is 24.5 Å². The van der Waals surface area contributed by atoms with Gasteiger partial charge in [0.05, 0.1) is 6.20 Å². The van der Waals surface area contributed by atoms with Gasteiger partial charge in [-0.2, -0.15) is 5.10 Å². The molecule has 2 aromatic heterocycles. The van der Waals surface area contributed by atoms with Gasteiger partial charge in [-0.15, -0.1) is 0 Å². The minimum Gasteiger partial charge on any atom is -0.310 e. The molecular formula is C15H22N4. The third kappa shape index (κ3) is 3.64. The molecule has 2 heterocycles. The summed E-state index contributed by atoms with van der Waals surface area (Å²) in [5.74, 6) is 0.896. The van der Waals surface area contributed by atoms with Crippen molar-refractivity contribution in [1.29, 1.82) is 0 Å². The normalized spacial score (nSPS) is 11.2. The van der Waals surface area contributed by atoms with Crippen molar-refractivity contribution in [1.82, 2.24) is 20.1 Å². The lowest BCUT2D eigenvalue weighted by atomic mass is 10.2. The first-order valence-electron chi connectivity index (χ1n) is 6.83. The number of hydrogen-bond acceptors (Lipinski definition) is 3. The first-order chi connectivity index (χ1) is 9.08. The summed E-state index contributed by atoms with van der Waals surface area (Å²) in [5, 5.41) is 7.77. The highest BCUT2D eigenvalue weighted by Crippen LogP contribution is 2.11. The molecule has 4 nitrogen and oxygen atoms in total. The Balaban J connectivity index is 2.30. The Morgan fingerprint density at radius 1 is 1.32 bits per heavy atom. The fourth-order valence-electron chi connectivity index (χ4n) is 1.89. The van der Waals surface area contributed by atoms with E-state index in [9.17, 15) is 0 Å². The molecule has 0 fully saturated rings.